The van der Waals surface area contributed by atoms with Crippen molar-refractivity contribution in [2.45, 2.75) is 39.0 Å². The Kier molecular flexibility index (Phi) is 4.88. The van der Waals surface area contributed by atoms with E-state index in [1.165, 1.54) is 6.08 Å². The van der Waals surface area contributed by atoms with E-state index in [9.17, 15) is 13.2 Å². The Bertz CT molecular complexity index is 509. The highest BCUT2D eigenvalue weighted by molar-refractivity contribution is 5.43. The zero-order valence-electron chi connectivity index (χ0n) is 12.2. The Balaban J connectivity index is 2.03. The van der Waals surface area contributed by atoms with Crippen molar-refractivity contribution in [3.8, 4) is 0 Å². The van der Waals surface area contributed by atoms with E-state index < -0.39 is 11.7 Å². The predicted octanol–water partition coefficient (Wildman–Crippen LogP) is 3.28. The summed E-state index contributed by atoms with van der Waals surface area (Å²) in [5, 5.41) is 3.31. The zero-order chi connectivity index (χ0) is 15.5. The average molecular weight is 299 g/mol. The van der Waals surface area contributed by atoms with E-state index >= 15 is 0 Å². The molecule has 2 rings (SSSR count). The van der Waals surface area contributed by atoms with Crippen LogP contribution in [0.4, 0.5) is 19.0 Å². The van der Waals surface area contributed by atoms with Crippen LogP contribution in [-0.2, 0) is 6.54 Å². The second-order valence-corrected chi connectivity index (χ2v) is 5.48. The molecule has 0 saturated carbocycles. The molecule has 2 heterocycles. The highest BCUT2D eigenvalue weighted by atomic mass is 19.4. The van der Waals surface area contributed by atoms with Crippen LogP contribution in [0.15, 0.2) is 30.0 Å². The van der Waals surface area contributed by atoms with Crippen LogP contribution >= 0.6 is 0 Å². The first-order chi connectivity index (χ1) is 9.86. The molecule has 0 unspecified atom stereocenters. The summed E-state index contributed by atoms with van der Waals surface area (Å²) in [6, 6.07) is 4.23. The molecule has 1 aromatic rings. The number of aromatic nitrogens is 1. The van der Waals surface area contributed by atoms with Gasteiger partial charge in [-0.1, -0.05) is 19.9 Å². The molecule has 21 heavy (non-hydrogen) atoms. The second kappa shape index (κ2) is 6.47. The second-order valence-electron chi connectivity index (χ2n) is 5.48. The molecule has 116 valence electrons. The molecule has 0 saturated heterocycles. The molecule has 0 spiro atoms. The molecule has 1 aliphatic heterocycles. The summed E-state index contributed by atoms with van der Waals surface area (Å²) in [4.78, 5) is 6.13. The van der Waals surface area contributed by atoms with Crippen LogP contribution in [0.25, 0.3) is 0 Å². The normalized spacial score (nSPS) is 16.3. The topological polar surface area (TPSA) is 28.2 Å². The molecular formula is C15H20F3N3. The largest absolute Gasteiger partial charge is 0.412 e. The molecule has 0 bridgehead atoms. The number of alkyl halides is 3. The molecule has 1 aliphatic rings. The van der Waals surface area contributed by atoms with Gasteiger partial charge in [0, 0.05) is 37.4 Å². The molecule has 0 aliphatic carbocycles. The lowest BCUT2D eigenvalue weighted by atomic mass is 10.1. The quantitative estimate of drug-likeness (QED) is 0.865. The lowest BCUT2D eigenvalue weighted by Crippen LogP contribution is -2.32. The molecule has 0 aromatic carbocycles. The SMILES string of the molecule is CC(C)NCc1ccnc(N2CC=C(C(F)(F)F)CC2)c1. The third kappa shape index (κ3) is 4.46. The highest BCUT2D eigenvalue weighted by Gasteiger charge is 2.34. The van der Waals surface area contributed by atoms with E-state index in [0.29, 0.717) is 12.6 Å². The van der Waals surface area contributed by atoms with Gasteiger partial charge in [0.05, 0.1) is 0 Å². The van der Waals surface area contributed by atoms with Gasteiger partial charge in [0.1, 0.15) is 5.82 Å². The summed E-state index contributed by atoms with van der Waals surface area (Å²) in [5.41, 5.74) is 0.649. The van der Waals surface area contributed by atoms with E-state index in [1.807, 2.05) is 17.0 Å². The predicted molar refractivity (Wildman–Crippen MR) is 77.2 cm³/mol. The molecule has 1 aromatic heterocycles. The Hall–Kier alpha value is -1.56. The summed E-state index contributed by atoms with van der Waals surface area (Å²) >= 11 is 0. The van der Waals surface area contributed by atoms with Gasteiger partial charge in [0.25, 0.3) is 0 Å². The van der Waals surface area contributed by atoms with Gasteiger partial charge >= 0.3 is 6.18 Å². The number of nitrogens with zero attached hydrogens (tertiary/aromatic N) is 2. The van der Waals surface area contributed by atoms with E-state index in [0.717, 1.165) is 17.9 Å². The fourth-order valence-electron chi connectivity index (χ4n) is 2.20. The number of hydrogen-bond donors (Lipinski definition) is 1. The van der Waals surface area contributed by atoms with Crippen molar-refractivity contribution in [1.29, 1.82) is 0 Å². The third-order valence-electron chi connectivity index (χ3n) is 3.42. The van der Waals surface area contributed by atoms with Gasteiger partial charge in [-0.3, -0.25) is 0 Å². The van der Waals surface area contributed by atoms with Crippen LogP contribution in [0.3, 0.4) is 0 Å². The molecule has 1 N–H and O–H groups in total. The third-order valence-corrected chi connectivity index (χ3v) is 3.42. The summed E-state index contributed by atoms with van der Waals surface area (Å²) in [6.07, 6.45) is -1.23. The van der Waals surface area contributed by atoms with Gasteiger partial charge in [-0.15, -0.1) is 0 Å². The van der Waals surface area contributed by atoms with Crippen molar-refractivity contribution in [2.24, 2.45) is 0 Å². The minimum absolute atomic E-state index is 0.0135. The number of anilines is 1. The Morgan fingerprint density at radius 1 is 1.38 bits per heavy atom. The van der Waals surface area contributed by atoms with Gasteiger partial charge in [-0.2, -0.15) is 13.2 Å². The maximum atomic E-state index is 12.6. The molecule has 0 atom stereocenters. The number of nitrogens with one attached hydrogen (secondary N) is 1. The van der Waals surface area contributed by atoms with Crippen LogP contribution in [-0.4, -0.2) is 30.3 Å². The first-order valence-corrected chi connectivity index (χ1v) is 7.06. The van der Waals surface area contributed by atoms with Crippen LogP contribution < -0.4 is 10.2 Å². The number of hydrogen-bond acceptors (Lipinski definition) is 3. The van der Waals surface area contributed by atoms with Crippen molar-refractivity contribution in [3.05, 3.63) is 35.5 Å². The van der Waals surface area contributed by atoms with Crippen molar-refractivity contribution in [1.82, 2.24) is 10.3 Å². The van der Waals surface area contributed by atoms with E-state index in [1.54, 1.807) is 6.20 Å². The Morgan fingerprint density at radius 3 is 2.71 bits per heavy atom. The fourth-order valence-corrected chi connectivity index (χ4v) is 2.20. The summed E-state index contributed by atoms with van der Waals surface area (Å²) in [6.45, 7) is 5.46. The van der Waals surface area contributed by atoms with E-state index in [2.05, 4.69) is 24.1 Å². The minimum Gasteiger partial charge on any atom is -0.353 e. The van der Waals surface area contributed by atoms with Gasteiger partial charge in [0.2, 0.25) is 0 Å². The van der Waals surface area contributed by atoms with Crippen LogP contribution in [0, 0.1) is 0 Å². The first kappa shape index (κ1) is 15.8. The summed E-state index contributed by atoms with van der Waals surface area (Å²) < 4.78 is 37.8. The maximum Gasteiger partial charge on any atom is 0.412 e. The molecule has 0 radical (unpaired) electrons. The van der Waals surface area contributed by atoms with Crippen LogP contribution in [0.2, 0.25) is 0 Å². The molecule has 6 heteroatoms. The van der Waals surface area contributed by atoms with Gasteiger partial charge < -0.3 is 10.2 Å². The molecule has 0 fully saturated rings. The smallest absolute Gasteiger partial charge is 0.353 e. The number of halogens is 3. The molecular weight excluding hydrogens is 279 g/mol. The Morgan fingerprint density at radius 2 is 2.14 bits per heavy atom. The fraction of sp³-hybridized carbons (Fsp3) is 0.533. The minimum atomic E-state index is -4.21. The van der Waals surface area contributed by atoms with Gasteiger partial charge in [0.15, 0.2) is 0 Å². The number of pyridine rings is 1. The van der Waals surface area contributed by atoms with Crippen molar-refractivity contribution in [3.63, 3.8) is 0 Å². The van der Waals surface area contributed by atoms with E-state index in [4.69, 9.17) is 0 Å². The summed E-state index contributed by atoms with van der Waals surface area (Å²) in [5.74, 6) is 0.732. The zero-order valence-corrected chi connectivity index (χ0v) is 12.2. The first-order valence-electron chi connectivity index (χ1n) is 7.06. The van der Waals surface area contributed by atoms with Gasteiger partial charge in [-0.05, 0) is 24.1 Å². The van der Waals surface area contributed by atoms with Crippen LogP contribution in [0.1, 0.15) is 25.8 Å². The van der Waals surface area contributed by atoms with E-state index in [-0.39, 0.29) is 13.0 Å². The maximum absolute atomic E-state index is 12.6. The van der Waals surface area contributed by atoms with Crippen molar-refractivity contribution >= 4 is 5.82 Å². The molecule has 3 nitrogen and oxygen atoms in total. The number of rotatable bonds is 4. The molecule has 0 amide bonds. The highest BCUT2D eigenvalue weighted by Crippen LogP contribution is 2.31. The van der Waals surface area contributed by atoms with Crippen molar-refractivity contribution in [2.75, 3.05) is 18.0 Å². The lowest BCUT2D eigenvalue weighted by Gasteiger charge is -2.28. The van der Waals surface area contributed by atoms with Crippen LogP contribution in [0.5, 0.6) is 0 Å². The standard InChI is InChI=1S/C15H20F3N3/c1-11(2)20-10-12-3-6-19-14(9-12)21-7-4-13(5-8-21)15(16,17)18/h3-4,6,9,11,20H,5,7-8,10H2,1-2H3. The van der Waals surface area contributed by atoms with Gasteiger partial charge in [-0.25, -0.2) is 4.98 Å². The average Bonchev–Trinajstić information content (AvgIpc) is 2.45. The lowest BCUT2D eigenvalue weighted by molar-refractivity contribution is -0.0944. The monoisotopic (exact) mass is 299 g/mol. The van der Waals surface area contributed by atoms with Crippen molar-refractivity contribution < 1.29 is 13.2 Å². The Labute approximate surface area is 122 Å². The summed E-state index contributed by atoms with van der Waals surface area (Å²) in [7, 11) is 0.